The number of aromatic amines is 1. The molecular formula is C20H33N7O6. The molecule has 2 atom stereocenters. The minimum atomic E-state index is -0.816. The van der Waals surface area contributed by atoms with E-state index in [4.69, 9.17) is 9.84 Å². The Bertz CT molecular complexity index is 859. The van der Waals surface area contributed by atoms with Crippen molar-refractivity contribution >= 4 is 18.0 Å². The fourth-order valence-corrected chi connectivity index (χ4v) is 4.79. The number of piperazine rings is 2. The summed E-state index contributed by atoms with van der Waals surface area (Å²) in [7, 11) is 0. The quantitative estimate of drug-likeness (QED) is 0.438. The lowest BCUT2D eigenvalue weighted by atomic mass is 10.2. The average molecular weight is 468 g/mol. The second kappa shape index (κ2) is 10.5. The number of rotatable bonds is 9. The van der Waals surface area contributed by atoms with Crippen molar-refractivity contribution in [1.29, 1.82) is 0 Å². The van der Waals surface area contributed by atoms with Crippen LogP contribution in [-0.2, 0) is 9.53 Å². The van der Waals surface area contributed by atoms with Crippen molar-refractivity contribution in [2.24, 2.45) is 0 Å². The third-order valence-corrected chi connectivity index (χ3v) is 6.71. The number of carboxylic acid groups (broad SMARTS) is 1. The Morgan fingerprint density at radius 3 is 2.33 bits per heavy atom. The van der Waals surface area contributed by atoms with E-state index in [9.17, 15) is 14.4 Å². The van der Waals surface area contributed by atoms with Crippen LogP contribution in [-0.4, -0.2) is 131 Å². The Morgan fingerprint density at radius 2 is 1.70 bits per heavy atom. The molecule has 4 heterocycles. The van der Waals surface area contributed by atoms with Crippen LogP contribution in [0.4, 0.5) is 10.7 Å². The van der Waals surface area contributed by atoms with Crippen LogP contribution in [0.15, 0.2) is 9.32 Å². The van der Waals surface area contributed by atoms with E-state index < -0.39 is 11.7 Å². The molecule has 0 spiro atoms. The van der Waals surface area contributed by atoms with E-state index in [0.717, 1.165) is 45.6 Å². The van der Waals surface area contributed by atoms with E-state index in [1.165, 1.54) is 0 Å². The van der Waals surface area contributed by atoms with E-state index in [1.807, 2.05) is 21.6 Å². The Labute approximate surface area is 191 Å². The van der Waals surface area contributed by atoms with Gasteiger partial charge in [0.15, 0.2) is 6.23 Å². The number of H-pyrrole nitrogens is 1. The van der Waals surface area contributed by atoms with Gasteiger partial charge in [0.2, 0.25) is 5.95 Å². The number of hydrogen-bond donors (Lipinski definition) is 2. The van der Waals surface area contributed by atoms with Gasteiger partial charge in [0, 0.05) is 58.9 Å². The van der Waals surface area contributed by atoms with Crippen LogP contribution in [0.5, 0.6) is 0 Å². The van der Waals surface area contributed by atoms with Gasteiger partial charge in [0.05, 0.1) is 12.6 Å². The van der Waals surface area contributed by atoms with Gasteiger partial charge in [0.25, 0.3) is 0 Å². The van der Waals surface area contributed by atoms with Crippen LogP contribution in [0.1, 0.15) is 19.8 Å². The molecule has 3 aliphatic heterocycles. The summed E-state index contributed by atoms with van der Waals surface area (Å²) < 4.78 is 10.2. The molecule has 33 heavy (non-hydrogen) atoms. The van der Waals surface area contributed by atoms with E-state index in [0.29, 0.717) is 38.7 Å². The second-order valence-corrected chi connectivity index (χ2v) is 8.87. The second-order valence-electron chi connectivity index (χ2n) is 8.87. The summed E-state index contributed by atoms with van der Waals surface area (Å²) in [6, 6.07) is -0.0308. The molecule has 0 bridgehead atoms. The zero-order valence-electron chi connectivity index (χ0n) is 19.0. The molecule has 4 rings (SSSR count). The van der Waals surface area contributed by atoms with E-state index in [-0.39, 0.29) is 24.9 Å². The van der Waals surface area contributed by atoms with Crippen molar-refractivity contribution in [2.75, 3.05) is 76.9 Å². The van der Waals surface area contributed by atoms with Crippen LogP contribution in [0.2, 0.25) is 0 Å². The molecule has 0 radical (unpaired) electrons. The summed E-state index contributed by atoms with van der Waals surface area (Å²) in [5, 5.41) is 12.7. The molecule has 0 saturated carbocycles. The molecular weight excluding hydrogens is 434 g/mol. The standard InChI is InChI=1S/C20H33N7O6/c1-15-17(25-10-8-24(9-11-25)14-16(28)29)32-20(31)27(15)5-3-2-4-23-6-12-26(13-7-23)18-21-19(30)33-22-18/h15,17H,2-14H2,1H3,(H,28,29)(H,21,22,30). The predicted molar refractivity (Wildman–Crippen MR) is 117 cm³/mol. The first-order valence-corrected chi connectivity index (χ1v) is 11.6. The van der Waals surface area contributed by atoms with Crippen molar-refractivity contribution in [1.82, 2.24) is 29.7 Å². The summed E-state index contributed by atoms with van der Waals surface area (Å²) in [5.41, 5.74) is 0. The lowest BCUT2D eigenvalue weighted by Gasteiger charge is -2.37. The van der Waals surface area contributed by atoms with Gasteiger partial charge in [-0.25, -0.2) is 9.59 Å². The molecule has 184 valence electrons. The van der Waals surface area contributed by atoms with Gasteiger partial charge in [-0.2, -0.15) is 0 Å². The summed E-state index contributed by atoms with van der Waals surface area (Å²) in [6.07, 6.45) is 1.33. The van der Waals surface area contributed by atoms with E-state index >= 15 is 0 Å². The van der Waals surface area contributed by atoms with Crippen molar-refractivity contribution in [2.45, 2.75) is 32.0 Å². The van der Waals surface area contributed by atoms with Gasteiger partial charge >= 0.3 is 17.8 Å². The number of nitrogens with one attached hydrogen (secondary N) is 1. The largest absolute Gasteiger partial charge is 0.480 e. The maximum Gasteiger partial charge on any atom is 0.440 e. The van der Waals surface area contributed by atoms with Gasteiger partial charge in [-0.15, -0.1) is 0 Å². The number of carbonyl (C=O) groups excluding carboxylic acids is 1. The molecule has 3 fully saturated rings. The number of unbranched alkanes of at least 4 members (excludes halogenated alkanes) is 1. The van der Waals surface area contributed by atoms with Crippen molar-refractivity contribution in [3.8, 4) is 0 Å². The number of ether oxygens (including phenoxy) is 1. The lowest BCUT2D eigenvalue weighted by Crippen LogP contribution is -2.54. The predicted octanol–water partition coefficient (Wildman–Crippen LogP) is -0.866. The zero-order valence-corrected chi connectivity index (χ0v) is 19.0. The average Bonchev–Trinajstić information content (AvgIpc) is 3.35. The van der Waals surface area contributed by atoms with E-state index in [1.54, 1.807) is 0 Å². The Kier molecular flexibility index (Phi) is 7.50. The molecule has 1 amide bonds. The van der Waals surface area contributed by atoms with Crippen molar-refractivity contribution < 1.29 is 24.0 Å². The molecule has 3 aliphatic rings. The minimum Gasteiger partial charge on any atom is -0.480 e. The number of carboxylic acids is 1. The smallest absolute Gasteiger partial charge is 0.440 e. The number of anilines is 1. The Morgan fingerprint density at radius 1 is 1.03 bits per heavy atom. The van der Waals surface area contributed by atoms with Crippen molar-refractivity contribution in [3.05, 3.63) is 10.6 Å². The molecule has 1 aromatic heterocycles. The number of amides is 1. The van der Waals surface area contributed by atoms with Crippen LogP contribution in [0.3, 0.4) is 0 Å². The van der Waals surface area contributed by atoms with Crippen molar-refractivity contribution in [3.63, 3.8) is 0 Å². The summed E-state index contributed by atoms with van der Waals surface area (Å²) in [6.45, 7) is 9.71. The minimum absolute atomic E-state index is 0.0308. The first-order chi connectivity index (χ1) is 15.9. The maximum absolute atomic E-state index is 12.5. The number of cyclic esters (lactones) is 1. The molecule has 0 aromatic carbocycles. The number of carbonyl (C=O) groups is 2. The normalized spacial score (nSPS) is 25.5. The molecule has 0 aliphatic carbocycles. The highest BCUT2D eigenvalue weighted by atomic mass is 16.6. The molecule has 2 N–H and O–H groups in total. The lowest BCUT2D eigenvalue weighted by molar-refractivity contribution is -0.139. The first-order valence-electron chi connectivity index (χ1n) is 11.6. The topological polar surface area (TPSA) is 139 Å². The van der Waals surface area contributed by atoms with Crippen LogP contribution < -0.4 is 10.7 Å². The summed E-state index contributed by atoms with van der Waals surface area (Å²) in [5.74, 6) is -0.868. The third-order valence-electron chi connectivity index (χ3n) is 6.71. The Hall–Kier alpha value is -2.64. The highest BCUT2D eigenvalue weighted by Crippen LogP contribution is 2.24. The zero-order chi connectivity index (χ0) is 23.4. The van der Waals surface area contributed by atoms with Crippen LogP contribution in [0, 0.1) is 0 Å². The van der Waals surface area contributed by atoms with Crippen LogP contribution >= 0.6 is 0 Å². The molecule has 1 aromatic rings. The molecule has 2 unspecified atom stereocenters. The molecule has 13 heteroatoms. The van der Waals surface area contributed by atoms with Gasteiger partial charge in [-0.05, 0) is 31.5 Å². The number of aromatic nitrogens is 2. The first kappa shape index (κ1) is 23.5. The van der Waals surface area contributed by atoms with Crippen LogP contribution in [0.25, 0.3) is 0 Å². The van der Waals surface area contributed by atoms with Gasteiger partial charge in [-0.3, -0.25) is 29.0 Å². The monoisotopic (exact) mass is 467 g/mol. The fourth-order valence-electron chi connectivity index (χ4n) is 4.79. The number of hydrogen-bond acceptors (Lipinski definition) is 10. The maximum atomic E-state index is 12.5. The number of aliphatic carboxylic acids is 1. The third kappa shape index (κ3) is 5.84. The highest BCUT2D eigenvalue weighted by molar-refractivity contribution is 5.70. The highest BCUT2D eigenvalue weighted by Gasteiger charge is 2.42. The summed E-state index contributed by atoms with van der Waals surface area (Å²) in [4.78, 5) is 47.3. The number of nitrogens with zero attached hydrogens (tertiary/aromatic N) is 6. The Balaban J connectivity index is 1.14. The van der Waals surface area contributed by atoms with E-state index in [2.05, 4.69) is 24.5 Å². The molecule has 13 nitrogen and oxygen atoms in total. The van der Waals surface area contributed by atoms with Gasteiger partial charge < -0.3 is 19.6 Å². The fraction of sp³-hybridized carbons (Fsp3) is 0.800. The molecule has 3 saturated heterocycles. The van der Waals surface area contributed by atoms with Gasteiger partial charge in [0.1, 0.15) is 0 Å². The van der Waals surface area contributed by atoms with Gasteiger partial charge in [-0.1, -0.05) is 0 Å². The SMILES string of the molecule is CC1C(N2CCN(CC(=O)O)CC2)OC(=O)N1CCCCN1CCN(c2noc(=O)[nH]2)CC1. The summed E-state index contributed by atoms with van der Waals surface area (Å²) >= 11 is 0.